The molecule has 0 bridgehead atoms. The number of aliphatic hydroxyl groups is 1. The van der Waals surface area contributed by atoms with Crippen LogP contribution in [0.25, 0.3) is 20.8 Å². The van der Waals surface area contributed by atoms with Crippen molar-refractivity contribution >= 4 is 74.9 Å². The van der Waals surface area contributed by atoms with Gasteiger partial charge in [0.25, 0.3) is 36.3 Å². The highest BCUT2D eigenvalue weighted by Gasteiger charge is 2.24. The molecule has 0 saturated carbocycles. The van der Waals surface area contributed by atoms with E-state index in [0.717, 1.165) is 42.5 Å². The van der Waals surface area contributed by atoms with Gasteiger partial charge in [-0.3, -0.25) is 18.5 Å². The summed E-state index contributed by atoms with van der Waals surface area (Å²) >= 11 is 0.966. The standard InChI is InChI=1S/C24H21N5O11S4/c1-11-3-8-17-21(22(11)44(38,39)40)27-24(41-17)13-4-6-16(18(9-13)42(32,33)34)28-29-20(12(2)30)23(31)26-15-7-5-14(25)10-19(15)43(35,36)37/h3-10,30H,25H2,1-2H3,(H,26,31)(H,32,33,34)(H,35,36,37)(H,38,39,40). The fraction of sp³-hybridized carbons (Fsp3) is 0.0833. The number of allylic oxidation sites excluding steroid dienone is 1. The molecule has 20 heteroatoms. The number of amides is 1. The molecule has 7 N–H and O–H groups in total. The molecule has 0 unspecified atom stereocenters. The Hall–Kier alpha value is -4.31. The van der Waals surface area contributed by atoms with Gasteiger partial charge in [0.2, 0.25) is 0 Å². The minimum Gasteiger partial charge on any atom is -0.510 e. The van der Waals surface area contributed by atoms with E-state index in [4.69, 9.17) is 5.73 Å². The van der Waals surface area contributed by atoms with Crippen molar-refractivity contribution < 1.29 is 48.8 Å². The van der Waals surface area contributed by atoms with Crippen molar-refractivity contribution in [1.29, 1.82) is 0 Å². The van der Waals surface area contributed by atoms with Gasteiger partial charge in [0.1, 0.15) is 36.7 Å². The lowest BCUT2D eigenvalue weighted by molar-refractivity contribution is -0.113. The second kappa shape index (κ2) is 11.6. The number of fused-ring (bicyclic) bond motifs is 1. The molecular weight excluding hydrogens is 663 g/mol. The lowest BCUT2D eigenvalue weighted by Gasteiger charge is -2.10. The van der Waals surface area contributed by atoms with E-state index in [1.54, 1.807) is 6.07 Å². The number of hydrogen-bond acceptors (Lipinski definition) is 13. The Morgan fingerprint density at radius 3 is 2.16 bits per heavy atom. The minimum atomic E-state index is -4.99. The minimum absolute atomic E-state index is 0.0505. The molecule has 4 rings (SSSR count). The molecule has 1 heterocycles. The second-order valence-electron chi connectivity index (χ2n) is 9.03. The highest BCUT2D eigenvalue weighted by atomic mass is 32.2. The van der Waals surface area contributed by atoms with Crippen LogP contribution in [0, 0.1) is 6.92 Å². The summed E-state index contributed by atoms with van der Waals surface area (Å²) in [4.78, 5) is 15.1. The Balaban J connectivity index is 1.74. The van der Waals surface area contributed by atoms with Gasteiger partial charge in [-0.05, 0) is 61.9 Å². The van der Waals surface area contributed by atoms with Gasteiger partial charge in [0.15, 0.2) is 5.70 Å². The first kappa shape index (κ1) is 32.6. The number of rotatable bonds is 8. The smallest absolute Gasteiger partial charge is 0.296 e. The van der Waals surface area contributed by atoms with Crippen LogP contribution in [0.5, 0.6) is 0 Å². The molecule has 4 aromatic rings. The number of carbonyl (C=O) groups is 1. The number of anilines is 2. The van der Waals surface area contributed by atoms with Gasteiger partial charge >= 0.3 is 0 Å². The molecule has 0 aliphatic carbocycles. The number of aromatic nitrogens is 1. The fourth-order valence-electron chi connectivity index (χ4n) is 3.88. The number of aliphatic hydroxyl groups excluding tert-OH is 1. The second-order valence-corrected chi connectivity index (χ2v) is 14.2. The van der Waals surface area contributed by atoms with Gasteiger partial charge in [-0.25, -0.2) is 4.98 Å². The SMILES string of the molecule is CC(O)=C(N=Nc1ccc(-c2nc3c(S(=O)(=O)O)c(C)ccc3s2)cc1S(=O)(=O)O)C(=O)Nc1ccc(N)cc1S(=O)(=O)O. The summed E-state index contributed by atoms with van der Waals surface area (Å²) < 4.78 is 101. The zero-order valence-electron chi connectivity index (χ0n) is 22.3. The molecule has 16 nitrogen and oxygen atoms in total. The van der Waals surface area contributed by atoms with Crippen LogP contribution in [-0.2, 0) is 35.1 Å². The predicted molar refractivity (Wildman–Crippen MR) is 159 cm³/mol. The summed E-state index contributed by atoms with van der Waals surface area (Å²) in [6, 6.07) is 9.53. The summed E-state index contributed by atoms with van der Waals surface area (Å²) in [6.07, 6.45) is 0. The number of thiazole rings is 1. The molecule has 0 spiro atoms. The summed E-state index contributed by atoms with van der Waals surface area (Å²) in [5.74, 6) is -1.94. The highest BCUT2D eigenvalue weighted by Crippen LogP contribution is 2.37. The number of nitrogens with one attached hydrogen (secondary N) is 1. The van der Waals surface area contributed by atoms with E-state index >= 15 is 0 Å². The fourth-order valence-corrected chi connectivity index (χ4v) is 7.12. The number of nitrogens with two attached hydrogens (primary N) is 1. The zero-order valence-corrected chi connectivity index (χ0v) is 25.6. The van der Waals surface area contributed by atoms with E-state index in [1.807, 2.05) is 0 Å². The van der Waals surface area contributed by atoms with Crippen LogP contribution < -0.4 is 11.1 Å². The highest BCUT2D eigenvalue weighted by molar-refractivity contribution is 7.86. The Labute approximate surface area is 253 Å². The van der Waals surface area contributed by atoms with Gasteiger partial charge < -0.3 is 16.2 Å². The van der Waals surface area contributed by atoms with Crippen LogP contribution in [0.15, 0.2) is 84.9 Å². The van der Waals surface area contributed by atoms with E-state index in [1.165, 1.54) is 25.1 Å². The Bertz CT molecular complexity index is 2240. The van der Waals surface area contributed by atoms with Crippen LogP contribution in [0.2, 0.25) is 0 Å². The quantitative estimate of drug-likeness (QED) is 0.0502. The third kappa shape index (κ3) is 6.91. The van der Waals surface area contributed by atoms with Crippen molar-refractivity contribution in [3.63, 3.8) is 0 Å². The van der Waals surface area contributed by atoms with E-state index in [2.05, 4.69) is 20.5 Å². The number of hydrogen-bond donors (Lipinski definition) is 6. The van der Waals surface area contributed by atoms with Crippen molar-refractivity contribution in [3.05, 3.63) is 65.6 Å². The first-order valence-electron chi connectivity index (χ1n) is 11.8. The number of nitrogens with zero attached hydrogens (tertiary/aromatic N) is 3. The number of nitrogen functional groups attached to an aromatic ring is 1. The van der Waals surface area contributed by atoms with Gasteiger partial charge in [-0.1, -0.05) is 6.07 Å². The average Bonchev–Trinajstić information content (AvgIpc) is 3.31. The molecular formula is C24H21N5O11S4. The van der Waals surface area contributed by atoms with Gasteiger partial charge in [0, 0.05) is 11.3 Å². The molecule has 232 valence electrons. The van der Waals surface area contributed by atoms with Gasteiger partial charge in [0.05, 0.1) is 10.4 Å². The number of benzene rings is 3. The average molecular weight is 684 g/mol. The number of azo groups is 1. The maximum atomic E-state index is 12.8. The van der Waals surface area contributed by atoms with Crippen molar-refractivity contribution in [2.24, 2.45) is 10.2 Å². The van der Waals surface area contributed by atoms with Crippen LogP contribution in [-0.4, -0.2) is 54.9 Å². The Morgan fingerprint density at radius 1 is 0.909 bits per heavy atom. The molecule has 1 amide bonds. The molecule has 3 aromatic carbocycles. The summed E-state index contributed by atoms with van der Waals surface area (Å²) in [7, 11) is -14.5. The van der Waals surface area contributed by atoms with Crippen molar-refractivity contribution in [3.8, 4) is 10.6 Å². The molecule has 1 aromatic heterocycles. The summed E-state index contributed by atoms with van der Waals surface area (Å²) in [5.41, 5.74) is 4.05. The lowest BCUT2D eigenvalue weighted by atomic mass is 10.2. The van der Waals surface area contributed by atoms with Crippen LogP contribution in [0.1, 0.15) is 12.5 Å². The van der Waals surface area contributed by atoms with Crippen LogP contribution in [0.4, 0.5) is 17.1 Å². The zero-order chi connectivity index (χ0) is 32.8. The van der Waals surface area contributed by atoms with Crippen LogP contribution >= 0.6 is 11.3 Å². The van der Waals surface area contributed by atoms with Crippen molar-refractivity contribution in [2.75, 3.05) is 11.1 Å². The van der Waals surface area contributed by atoms with E-state index in [9.17, 15) is 48.8 Å². The third-order valence-corrected chi connectivity index (χ3v) is 9.68. The molecule has 0 saturated heterocycles. The predicted octanol–water partition coefficient (Wildman–Crippen LogP) is 4.11. The maximum absolute atomic E-state index is 12.8. The van der Waals surface area contributed by atoms with E-state index in [0.29, 0.717) is 4.70 Å². The van der Waals surface area contributed by atoms with Crippen LogP contribution in [0.3, 0.4) is 0 Å². The lowest BCUT2D eigenvalue weighted by Crippen LogP contribution is -2.17. The van der Waals surface area contributed by atoms with Crippen molar-refractivity contribution in [1.82, 2.24) is 4.98 Å². The topological polar surface area (TPSA) is 276 Å². The summed E-state index contributed by atoms with van der Waals surface area (Å²) in [6.45, 7) is 2.49. The molecule has 0 aliphatic heterocycles. The monoisotopic (exact) mass is 683 g/mol. The van der Waals surface area contributed by atoms with E-state index in [-0.39, 0.29) is 27.3 Å². The van der Waals surface area contributed by atoms with E-state index < -0.39 is 73.8 Å². The first-order chi connectivity index (χ1) is 20.3. The molecule has 0 fully saturated rings. The largest absolute Gasteiger partial charge is 0.510 e. The van der Waals surface area contributed by atoms with Crippen molar-refractivity contribution in [2.45, 2.75) is 28.5 Å². The number of aryl methyl sites for hydroxylation is 1. The summed E-state index contributed by atoms with van der Waals surface area (Å²) in [5, 5.41) is 19.5. The normalized spacial score (nSPS) is 13.3. The molecule has 0 radical (unpaired) electrons. The molecule has 44 heavy (non-hydrogen) atoms. The molecule has 0 aliphatic rings. The maximum Gasteiger partial charge on any atom is 0.296 e. The number of carbonyl (C=O) groups excluding carboxylic acids is 1. The third-order valence-electron chi connectivity index (χ3n) is 5.80. The van der Waals surface area contributed by atoms with Gasteiger partial charge in [-0.15, -0.1) is 21.6 Å². The molecule has 0 atom stereocenters. The first-order valence-corrected chi connectivity index (χ1v) is 16.9. The Morgan fingerprint density at radius 2 is 1.57 bits per heavy atom. The Kier molecular flexibility index (Phi) is 8.63. The van der Waals surface area contributed by atoms with Gasteiger partial charge in [-0.2, -0.15) is 25.3 Å².